The van der Waals surface area contributed by atoms with Crippen molar-refractivity contribution >= 4 is 52.3 Å². The van der Waals surface area contributed by atoms with Crippen molar-refractivity contribution in [1.82, 2.24) is 4.37 Å². The Morgan fingerprint density at radius 3 is 2.47 bits per heavy atom. The van der Waals surface area contributed by atoms with Crippen LogP contribution in [-0.4, -0.2) is 21.4 Å². The predicted octanol–water partition coefficient (Wildman–Crippen LogP) is 3.40. The van der Waals surface area contributed by atoms with Gasteiger partial charge < -0.3 is 10.4 Å². The summed E-state index contributed by atoms with van der Waals surface area (Å²) in [5, 5.41) is 13.1. The second-order valence-corrected chi connectivity index (χ2v) is 4.88. The molecule has 19 heavy (non-hydrogen) atoms. The van der Waals surface area contributed by atoms with Gasteiger partial charge in [0.2, 0.25) is 0 Å². The molecule has 0 spiro atoms. The molecule has 0 aliphatic carbocycles. The molecule has 0 radical (unpaired) electrons. The van der Waals surface area contributed by atoms with Crippen LogP contribution in [0.15, 0.2) is 23.6 Å². The number of carbonyl (C=O) groups excluding carboxylic acids is 1. The zero-order valence-corrected chi connectivity index (χ0v) is 11.5. The molecule has 2 N–H and O–H groups in total. The Morgan fingerprint density at radius 1 is 1.26 bits per heavy atom. The second-order valence-electron chi connectivity index (χ2n) is 3.43. The quantitative estimate of drug-likeness (QED) is 0.909. The fourth-order valence-corrected chi connectivity index (χ4v) is 2.56. The SMILES string of the molecule is O=C(O)c1nscc1NC(=O)c1c(Cl)cccc1Cl. The highest BCUT2D eigenvalue weighted by atomic mass is 35.5. The Bertz CT molecular complexity index is 637. The number of halogens is 2. The molecular formula is C11H6Cl2N2O3S. The van der Waals surface area contributed by atoms with Gasteiger partial charge in [0, 0.05) is 5.38 Å². The van der Waals surface area contributed by atoms with Gasteiger partial charge in [0.1, 0.15) is 0 Å². The van der Waals surface area contributed by atoms with Crippen molar-refractivity contribution in [2.45, 2.75) is 0 Å². The molecule has 1 heterocycles. The number of rotatable bonds is 3. The second kappa shape index (κ2) is 5.56. The third-order valence-corrected chi connectivity index (χ3v) is 3.47. The van der Waals surface area contributed by atoms with E-state index in [1.165, 1.54) is 17.5 Å². The average molecular weight is 317 g/mol. The highest BCUT2D eigenvalue weighted by molar-refractivity contribution is 7.04. The minimum absolute atomic E-state index is 0.0911. The molecule has 98 valence electrons. The van der Waals surface area contributed by atoms with Crippen LogP contribution in [0.1, 0.15) is 20.8 Å². The number of anilines is 1. The van der Waals surface area contributed by atoms with E-state index in [0.29, 0.717) is 0 Å². The first-order valence-electron chi connectivity index (χ1n) is 4.93. The molecule has 5 nitrogen and oxygen atoms in total. The highest BCUT2D eigenvalue weighted by Crippen LogP contribution is 2.26. The van der Waals surface area contributed by atoms with Crippen LogP contribution in [0.2, 0.25) is 10.0 Å². The Balaban J connectivity index is 2.31. The zero-order valence-electron chi connectivity index (χ0n) is 9.18. The molecule has 0 fully saturated rings. The Morgan fingerprint density at radius 2 is 1.89 bits per heavy atom. The number of nitrogens with zero attached hydrogens (tertiary/aromatic N) is 1. The van der Waals surface area contributed by atoms with Gasteiger partial charge in [-0.3, -0.25) is 4.79 Å². The van der Waals surface area contributed by atoms with Gasteiger partial charge in [-0.05, 0) is 23.7 Å². The van der Waals surface area contributed by atoms with Gasteiger partial charge in [-0.1, -0.05) is 29.3 Å². The highest BCUT2D eigenvalue weighted by Gasteiger charge is 2.19. The van der Waals surface area contributed by atoms with Gasteiger partial charge in [-0.2, -0.15) is 4.37 Å². The van der Waals surface area contributed by atoms with Crippen molar-refractivity contribution in [1.29, 1.82) is 0 Å². The van der Waals surface area contributed by atoms with E-state index >= 15 is 0 Å². The summed E-state index contributed by atoms with van der Waals surface area (Å²) in [4.78, 5) is 22.9. The Kier molecular flexibility index (Phi) is 4.04. The van der Waals surface area contributed by atoms with Crippen molar-refractivity contribution < 1.29 is 14.7 Å². The summed E-state index contributed by atoms with van der Waals surface area (Å²) in [6, 6.07) is 4.65. The average Bonchev–Trinajstić information content (AvgIpc) is 2.76. The summed E-state index contributed by atoms with van der Waals surface area (Å²) in [5.74, 6) is -1.81. The topological polar surface area (TPSA) is 79.3 Å². The fraction of sp³-hybridized carbons (Fsp3) is 0. The molecule has 1 amide bonds. The molecule has 0 bridgehead atoms. The fourth-order valence-electron chi connectivity index (χ4n) is 1.38. The monoisotopic (exact) mass is 316 g/mol. The lowest BCUT2D eigenvalue weighted by Crippen LogP contribution is -2.15. The standard InChI is InChI=1S/C11H6Cl2N2O3S/c12-5-2-1-3-6(13)8(5)10(16)14-7-4-19-15-9(7)11(17)18/h1-4H,(H,14,16)(H,17,18). The van der Waals surface area contributed by atoms with E-state index in [2.05, 4.69) is 9.69 Å². The number of nitrogens with one attached hydrogen (secondary N) is 1. The van der Waals surface area contributed by atoms with E-state index in [1.807, 2.05) is 0 Å². The van der Waals surface area contributed by atoms with Crippen LogP contribution in [0.3, 0.4) is 0 Å². The molecule has 0 aliphatic heterocycles. The summed E-state index contributed by atoms with van der Waals surface area (Å²) >= 11 is 12.7. The Labute approximate surface area is 121 Å². The minimum Gasteiger partial charge on any atom is -0.476 e. The molecule has 1 aromatic heterocycles. The maximum Gasteiger partial charge on any atom is 0.357 e. The largest absolute Gasteiger partial charge is 0.476 e. The van der Waals surface area contributed by atoms with Gasteiger partial charge in [0.15, 0.2) is 5.69 Å². The first-order chi connectivity index (χ1) is 9.00. The van der Waals surface area contributed by atoms with Gasteiger partial charge in [0.25, 0.3) is 5.91 Å². The summed E-state index contributed by atoms with van der Waals surface area (Å²) < 4.78 is 3.67. The Hall–Kier alpha value is -1.63. The van der Waals surface area contributed by atoms with Crippen LogP contribution in [0.5, 0.6) is 0 Å². The van der Waals surface area contributed by atoms with Gasteiger partial charge in [-0.25, -0.2) is 4.79 Å². The lowest BCUT2D eigenvalue weighted by molar-refractivity contribution is 0.0693. The zero-order chi connectivity index (χ0) is 14.0. The van der Waals surface area contributed by atoms with Crippen molar-refractivity contribution in [2.24, 2.45) is 0 Å². The first kappa shape index (κ1) is 13.8. The summed E-state index contributed by atoms with van der Waals surface area (Å²) in [7, 11) is 0. The third kappa shape index (κ3) is 2.86. The molecule has 2 aromatic rings. The summed E-state index contributed by atoms with van der Waals surface area (Å²) in [6.07, 6.45) is 0. The molecule has 0 aliphatic rings. The third-order valence-electron chi connectivity index (χ3n) is 2.21. The number of carboxylic acids is 1. The number of aromatic nitrogens is 1. The number of carboxylic acid groups (broad SMARTS) is 1. The number of aromatic carboxylic acids is 1. The lowest BCUT2D eigenvalue weighted by Gasteiger charge is -2.07. The summed E-state index contributed by atoms with van der Waals surface area (Å²) in [6.45, 7) is 0. The number of hydrogen-bond acceptors (Lipinski definition) is 4. The maximum absolute atomic E-state index is 12.0. The van der Waals surface area contributed by atoms with E-state index in [-0.39, 0.29) is 27.0 Å². The number of benzene rings is 1. The van der Waals surface area contributed by atoms with Crippen molar-refractivity contribution in [3.63, 3.8) is 0 Å². The minimum atomic E-state index is -1.22. The molecule has 1 aromatic carbocycles. The molecule has 0 atom stereocenters. The molecular weight excluding hydrogens is 311 g/mol. The molecule has 0 saturated carbocycles. The van der Waals surface area contributed by atoms with Crippen molar-refractivity contribution in [3.8, 4) is 0 Å². The molecule has 2 rings (SSSR count). The van der Waals surface area contributed by atoms with Gasteiger partial charge >= 0.3 is 5.97 Å². The van der Waals surface area contributed by atoms with Crippen LogP contribution in [-0.2, 0) is 0 Å². The van der Waals surface area contributed by atoms with Crippen LogP contribution >= 0.6 is 34.7 Å². The smallest absolute Gasteiger partial charge is 0.357 e. The van der Waals surface area contributed by atoms with E-state index in [4.69, 9.17) is 28.3 Å². The molecule has 0 unspecified atom stereocenters. The van der Waals surface area contributed by atoms with E-state index in [9.17, 15) is 9.59 Å². The van der Waals surface area contributed by atoms with Crippen molar-refractivity contribution in [2.75, 3.05) is 5.32 Å². The maximum atomic E-state index is 12.0. The van der Waals surface area contributed by atoms with Crippen LogP contribution in [0, 0.1) is 0 Å². The molecule has 8 heteroatoms. The number of amides is 1. The lowest BCUT2D eigenvalue weighted by atomic mass is 10.2. The number of carbonyl (C=O) groups is 2. The normalized spacial score (nSPS) is 10.2. The van der Waals surface area contributed by atoms with Crippen molar-refractivity contribution in [3.05, 3.63) is 44.9 Å². The van der Waals surface area contributed by atoms with Gasteiger partial charge in [0.05, 0.1) is 21.3 Å². The van der Waals surface area contributed by atoms with Crippen LogP contribution in [0.4, 0.5) is 5.69 Å². The van der Waals surface area contributed by atoms with Gasteiger partial charge in [-0.15, -0.1) is 0 Å². The summed E-state index contributed by atoms with van der Waals surface area (Å²) in [5.41, 5.74) is -0.0200. The van der Waals surface area contributed by atoms with Crippen LogP contribution in [0.25, 0.3) is 0 Å². The first-order valence-corrected chi connectivity index (χ1v) is 6.53. The van der Waals surface area contributed by atoms with E-state index in [1.54, 1.807) is 6.07 Å². The van der Waals surface area contributed by atoms with E-state index in [0.717, 1.165) is 11.5 Å². The number of hydrogen-bond donors (Lipinski definition) is 2. The predicted molar refractivity (Wildman–Crippen MR) is 73.5 cm³/mol. The molecule has 0 saturated heterocycles. The van der Waals surface area contributed by atoms with E-state index < -0.39 is 11.9 Å². The van der Waals surface area contributed by atoms with Crippen LogP contribution < -0.4 is 5.32 Å².